The molecular formula is C14H29N5. The Kier molecular flexibility index (Phi) is 5.92. The minimum Gasteiger partial charge on any atom is -0.357 e. The second-order valence-electron chi connectivity index (χ2n) is 5.49. The average Bonchev–Trinajstić information content (AvgIpc) is 2.46. The molecule has 19 heavy (non-hydrogen) atoms. The molecule has 0 radical (unpaired) electrons. The molecule has 0 aromatic carbocycles. The molecule has 110 valence electrons. The Bertz CT molecular complexity index is 284. The van der Waals surface area contributed by atoms with Crippen molar-refractivity contribution < 1.29 is 0 Å². The molecule has 0 saturated carbocycles. The summed E-state index contributed by atoms with van der Waals surface area (Å²) in [6.07, 6.45) is 2.42. The zero-order valence-electron chi connectivity index (χ0n) is 12.5. The van der Waals surface area contributed by atoms with Crippen molar-refractivity contribution in [3.05, 3.63) is 0 Å². The van der Waals surface area contributed by atoms with Crippen LogP contribution in [0.25, 0.3) is 0 Å². The summed E-state index contributed by atoms with van der Waals surface area (Å²) in [5, 5.41) is 6.74. The van der Waals surface area contributed by atoms with Crippen LogP contribution in [-0.2, 0) is 0 Å². The molecular weight excluding hydrogens is 238 g/mol. The van der Waals surface area contributed by atoms with Crippen molar-refractivity contribution in [1.82, 2.24) is 20.4 Å². The van der Waals surface area contributed by atoms with Gasteiger partial charge in [0.05, 0.1) is 6.54 Å². The van der Waals surface area contributed by atoms with Gasteiger partial charge in [0.15, 0.2) is 5.96 Å². The maximum atomic E-state index is 4.75. The first kappa shape index (κ1) is 14.6. The van der Waals surface area contributed by atoms with Gasteiger partial charge in [-0.1, -0.05) is 13.3 Å². The summed E-state index contributed by atoms with van der Waals surface area (Å²) in [4.78, 5) is 9.92. The SMILES string of the molecule is CCCCNC(=NCC1CN2CCN1CC2)NCC. The van der Waals surface area contributed by atoms with Crippen molar-refractivity contribution in [3.8, 4) is 0 Å². The van der Waals surface area contributed by atoms with Gasteiger partial charge in [0.2, 0.25) is 0 Å². The Morgan fingerprint density at radius 2 is 1.95 bits per heavy atom. The smallest absolute Gasteiger partial charge is 0.191 e. The van der Waals surface area contributed by atoms with E-state index in [1.165, 1.54) is 45.6 Å². The summed E-state index contributed by atoms with van der Waals surface area (Å²) in [6, 6.07) is 0.615. The topological polar surface area (TPSA) is 42.9 Å². The summed E-state index contributed by atoms with van der Waals surface area (Å²) in [6.45, 7) is 13.3. The van der Waals surface area contributed by atoms with Crippen molar-refractivity contribution in [2.45, 2.75) is 32.7 Å². The highest BCUT2D eigenvalue weighted by Crippen LogP contribution is 2.15. The number of rotatable bonds is 6. The van der Waals surface area contributed by atoms with Crippen LogP contribution < -0.4 is 10.6 Å². The molecule has 2 bridgehead atoms. The first-order valence-electron chi connectivity index (χ1n) is 7.82. The maximum Gasteiger partial charge on any atom is 0.191 e. The van der Waals surface area contributed by atoms with Crippen molar-refractivity contribution in [3.63, 3.8) is 0 Å². The van der Waals surface area contributed by atoms with Crippen LogP contribution in [0.5, 0.6) is 0 Å². The highest BCUT2D eigenvalue weighted by atomic mass is 15.3. The fourth-order valence-electron chi connectivity index (χ4n) is 2.82. The molecule has 0 aliphatic carbocycles. The van der Waals surface area contributed by atoms with Gasteiger partial charge in [-0.25, -0.2) is 0 Å². The van der Waals surface area contributed by atoms with Crippen molar-refractivity contribution in [2.75, 3.05) is 52.4 Å². The number of unbranched alkanes of at least 4 members (excludes halogenated alkanes) is 1. The summed E-state index contributed by atoms with van der Waals surface area (Å²) in [5.41, 5.74) is 0. The molecule has 0 spiro atoms. The van der Waals surface area contributed by atoms with Gasteiger partial charge in [0, 0.05) is 51.9 Å². The Balaban J connectivity index is 1.79. The predicted octanol–water partition coefficient (Wildman–Crippen LogP) is 0.341. The van der Waals surface area contributed by atoms with Gasteiger partial charge in [-0.15, -0.1) is 0 Å². The van der Waals surface area contributed by atoms with Crippen molar-refractivity contribution >= 4 is 5.96 Å². The lowest BCUT2D eigenvalue weighted by molar-refractivity contribution is 0.0174. The van der Waals surface area contributed by atoms with Crippen LogP contribution >= 0.6 is 0 Å². The maximum absolute atomic E-state index is 4.75. The van der Waals surface area contributed by atoms with Crippen LogP contribution in [-0.4, -0.2) is 74.2 Å². The minimum atomic E-state index is 0.615. The van der Waals surface area contributed by atoms with E-state index in [4.69, 9.17) is 4.99 Å². The lowest BCUT2D eigenvalue weighted by Crippen LogP contribution is -2.62. The second-order valence-corrected chi connectivity index (χ2v) is 5.49. The first-order valence-corrected chi connectivity index (χ1v) is 7.82. The molecule has 5 heteroatoms. The summed E-state index contributed by atoms with van der Waals surface area (Å²) < 4.78 is 0. The zero-order chi connectivity index (χ0) is 13.5. The van der Waals surface area contributed by atoms with Crippen LogP contribution in [0.2, 0.25) is 0 Å². The van der Waals surface area contributed by atoms with Gasteiger partial charge in [-0.3, -0.25) is 14.8 Å². The molecule has 3 fully saturated rings. The Morgan fingerprint density at radius 1 is 1.16 bits per heavy atom. The Morgan fingerprint density at radius 3 is 2.53 bits per heavy atom. The van der Waals surface area contributed by atoms with E-state index < -0.39 is 0 Å². The summed E-state index contributed by atoms with van der Waals surface area (Å²) in [5.74, 6) is 0.980. The fraction of sp³-hybridized carbons (Fsp3) is 0.929. The van der Waals surface area contributed by atoms with Crippen LogP contribution in [0.15, 0.2) is 4.99 Å². The minimum absolute atomic E-state index is 0.615. The number of piperazine rings is 3. The second kappa shape index (κ2) is 7.70. The number of nitrogens with one attached hydrogen (secondary N) is 2. The van der Waals surface area contributed by atoms with Gasteiger partial charge in [0.1, 0.15) is 0 Å². The van der Waals surface area contributed by atoms with Crippen LogP contribution in [0.4, 0.5) is 0 Å². The van der Waals surface area contributed by atoms with Crippen molar-refractivity contribution in [2.24, 2.45) is 4.99 Å². The summed E-state index contributed by atoms with van der Waals surface area (Å²) in [7, 11) is 0. The standard InChI is InChI=1S/C14H29N5/c1-3-5-6-16-14(15-4-2)17-11-13-12-18-7-9-19(13)10-8-18/h13H,3-12H2,1-2H3,(H2,15,16,17). The monoisotopic (exact) mass is 267 g/mol. The van der Waals surface area contributed by atoms with E-state index in [1.54, 1.807) is 0 Å². The molecule has 3 saturated heterocycles. The molecule has 0 amide bonds. The predicted molar refractivity (Wildman–Crippen MR) is 80.7 cm³/mol. The highest BCUT2D eigenvalue weighted by molar-refractivity contribution is 5.79. The molecule has 3 heterocycles. The van der Waals surface area contributed by atoms with E-state index in [0.29, 0.717) is 6.04 Å². The third-order valence-corrected chi connectivity index (χ3v) is 4.02. The highest BCUT2D eigenvalue weighted by Gasteiger charge is 2.31. The number of fused-ring (bicyclic) bond motifs is 3. The van der Waals surface area contributed by atoms with E-state index in [0.717, 1.165) is 25.6 Å². The third kappa shape index (κ3) is 4.35. The van der Waals surface area contributed by atoms with E-state index in [-0.39, 0.29) is 0 Å². The molecule has 3 aliphatic heterocycles. The van der Waals surface area contributed by atoms with Crippen LogP contribution in [0, 0.1) is 0 Å². The van der Waals surface area contributed by atoms with Crippen LogP contribution in [0.1, 0.15) is 26.7 Å². The molecule has 1 atom stereocenters. The molecule has 5 nitrogen and oxygen atoms in total. The number of hydrogen-bond acceptors (Lipinski definition) is 3. The van der Waals surface area contributed by atoms with E-state index >= 15 is 0 Å². The number of hydrogen-bond donors (Lipinski definition) is 2. The molecule has 0 aromatic heterocycles. The fourth-order valence-corrected chi connectivity index (χ4v) is 2.82. The van der Waals surface area contributed by atoms with Gasteiger partial charge >= 0.3 is 0 Å². The van der Waals surface area contributed by atoms with E-state index in [2.05, 4.69) is 34.3 Å². The number of guanidine groups is 1. The van der Waals surface area contributed by atoms with Gasteiger partial charge < -0.3 is 10.6 Å². The molecule has 1 unspecified atom stereocenters. The Hall–Kier alpha value is -0.810. The van der Waals surface area contributed by atoms with Crippen LogP contribution in [0.3, 0.4) is 0 Å². The van der Waals surface area contributed by atoms with Gasteiger partial charge in [-0.05, 0) is 13.3 Å². The first-order chi connectivity index (χ1) is 9.33. The van der Waals surface area contributed by atoms with Gasteiger partial charge in [-0.2, -0.15) is 0 Å². The van der Waals surface area contributed by atoms with Crippen molar-refractivity contribution in [1.29, 1.82) is 0 Å². The van der Waals surface area contributed by atoms with Gasteiger partial charge in [0.25, 0.3) is 0 Å². The zero-order valence-corrected chi connectivity index (χ0v) is 12.5. The molecule has 2 N–H and O–H groups in total. The summed E-state index contributed by atoms with van der Waals surface area (Å²) >= 11 is 0. The largest absolute Gasteiger partial charge is 0.357 e. The number of aliphatic imine (C=N–C) groups is 1. The third-order valence-electron chi connectivity index (χ3n) is 4.02. The lowest BCUT2D eigenvalue weighted by Gasteiger charge is -2.47. The van der Waals surface area contributed by atoms with E-state index in [9.17, 15) is 0 Å². The normalized spacial score (nSPS) is 30.4. The molecule has 3 rings (SSSR count). The number of nitrogens with zero attached hydrogens (tertiary/aromatic N) is 3. The lowest BCUT2D eigenvalue weighted by atomic mass is 10.1. The Labute approximate surface area is 117 Å². The average molecular weight is 267 g/mol. The molecule has 0 aromatic rings. The van der Waals surface area contributed by atoms with E-state index in [1.807, 2.05) is 0 Å². The molecule has 3 aliphatic rings. The quantitative estimate of drug-likeness (QED) is 0.414.